The predicted octanol–water partition coefficient (Wildman–Crippen LogP) is 0.224. The van der Waals surface area contributed by atoms with E-state index < -0.39 is 0 Å². The molecule has 8 nitrogen and oxygen atoms in total. The van der Waals surface area contributed by atoms with Crippen LogP contribution in [-0.4, -0.2) is 37.6 Å². The van der Waals surface area contributed by atoms with E-state index in [0.29, 0.717) is 13.0 Å². The number of hydrogen-bond donors (Lipinski definition) is 2. The number of carbonyl (C=O) groups excluding carboxylic acids is 1. The Bertz CT molecular complexity index is 733. The summed E-state index contributed by atoms with van der Waals surface area (Å²) < 4.78 is 2.40. The number of para-hydroxylation sites is 1. The highest BCUT2D eigenvalue weighted by Gasteiger charge is 2.08. The number of aromatic nitrogens is 5. The molecule has 0 aliphatic heterocycles. The van der Waals surface area contributed by atoms with Gasteiger partial charge in [0.2, 0.25) is 11.9 Å². The van der Waals surface area contributed by atoms with Crippen molar-refractivity contribution < 1.29 is 4.79 Å². The Hall–Kier alpha value is -2.55. The second-order valence-electron chi connectivity index (χ2n) is 4.37. The van der Waals surface area contributed by atoms with Gasteiger partial charge in [0.05, 0.1) is 15.2 Å². The van der Waals surface area contributed by atoms with E-state index in [1.807, 2.05) is 24.3 Å². The summed E-state index contributed by atoms with van der Waals surface area (Å²) in [6.07, 6.45) is 0.691. The lowest BCUT2D eigenvalue weighted by Crippen LogP contribution is -2.30. The SMILES string of the molecule is Nc1nnnn1CC(=O)NCCc1nc2ccccc2s1. The molecular formula is C12H13N7OS. The summed E-state index contributed by atoms with van der Waals surface area (Å²) in [4.78, 5) is 16.2. The van der Waals surface area contributed by atoms with E-state index in [9.17, 15) is 4.79 Å². The van der Waals surface area contributed by atoms with Crippen LogP contribution in [0.3, 0.4) is 0 Å². The molecule has 0 atom stereocenters. The quantitative estimate of drug-likeness (QED) is 0.697. The van der Waals surface area contributed by atoms with E-state index in [-0.39, 0.29) is 18.4 Å². The molecule has 108 valence electrons. The van der Waals surface area contributed by atoms with Crippen molar-refractivity contribution in [2.24, 2.45) is 0 Å². The highest BCUT2D eigenvalue weighted by atomic mass is 32.1. The summed E-state index contributed by atoms with van der Waals surface area (Å²) in [6.45, 7) is 0.527. The zero-order valence-electron chi connectivity index (χ0n) is 11.1. The van der Waals surface area contributed by atoms with Gasteiger partial charge in [-0.3, -0.25) is 4.79 Å². The van der Waals surface area contributed by atoms with E-state index in [1.165, 1.54) is 4.68 Å². The van der Waals surface area contributed by atoms with Crippen molar-refractivity contribution in [1.29, 1.82) is 0 Å². The maximum Gasteiger partial charge on any atom is 0.241 e. The Morgan fingerprint density at radius 2 is 2.24 bits per heavy atom. The van der Waals surface area contributed by atoms with Crippen molar-refractivity contribution in [1.82, 2.24) is 30.5 Å². The Labute approximate surface area is 124 Å². The number of carbonyl (C=O) groups is 1. The molecule has 0 saturated carbocycles. The highest BCUT2D eigenvalue weighted by Crippen LogP contribution is 2.21. The third-order valence-corrected chi connectivity index (χ3v) is 3.95. The van der Waals surface area contributed by atoms with Gasteiger partial charge in [-0.2, -0.15) is 0 Å². The third kappa shape index (κ3) is 3.14. The molecule has 0 aliphatic carbocycles. The highest BCUT2D eigenvalue weighted by molar-refractivity contribution is 7.18. The van der Waals surface area contributed by atoms with Crippen molar-refractivity contribution in [3.63, 3.8) is 0 Å². The number of fused-ring (bicyclic) bond motifs is 1. The van der Waals surface area contributed by atoms with Crippen molar-refractivity contribution in [2.75, 3.05) is 12.3 Å². The number of benzene rings is 1. The fraction of sp³-hybridized carbons (Fsp3) is 0.250. The minimum atomic E-state index is -0.185. The minimum Gasteiger partial charge on any atom is -0.367 e. The number of rotatable bonds is 5. The Balaban J connectivity index is 1.51. The van der Waals surface area contributed by atoms with Gasteiger partial charge in [-0.05, 0) is 22.6 Å². The molecule has 0 fully saturated rings. The zero-order valence-corrected chi connectivity index (χ0v) is 11.9. The number of nitrogens with one attached hydrogen (secondary N) is 1. The standard InChI is InChI=1S/C12H13N7OS/c13-12-16-17-18-19(12)7-10(20)14-6-5-11-15-8-3-1-2-4-9(8)21-11/h1-4H,5-7H2,(H,14,20)(H2,13,16,18). The number of nitrogen functional groups attached to an aromatic ring is 1. The molecule has 21 heavy (non-hydrogen) atoms. The van der Waals surface area contributed by atoms with Crippen LogP contribution in [0.1, 0.15) is 5.01 Å². The first-order valence-electron chi connectivity index (χ1n) is 6.35. The summed E-state index contributed by atoms with van der Waals surface area (Å²) in [7, 11) is 0. The molecule has 0 unspecified atom stereocenters. The summed E-state index contributed by atoms with van der Waals surface area (Å²) in [5.41, 5.74) is 6.48. The van der Waals surface area contributed by atoms with Crippen molar-refractivity contribution in [3.8, 4) is 0 Å². The molecule has 0 spiro atoms. The molecule has 0 bridgehead atoms. The molecule has 2 heterocycles. The van der Waals surface area contributed by atoms with Gasteiger partial charge in [-0.1, -0.05) is 17.2 Å². The van der Waals surface area contributed by atoms with Gasteiger partial charge in [0.25, 0.3) is 0 Å². The van der Waals surface area contributed by atoms with Gasteiger partial charge in [-0.25, -0.2) is 9.67 Å². The Morgan fingerprint density at radius 3 is 3.00 bits per heavy atom. The van der Waals surface area contributed by atoms with Crippen LogP contribution >= 0.6 is 11.3 Å². The van der Waals surface area contributed by atoms with Gasteiger partial charge in [0, 0.05) is 13.0 Å². The van der Waals surface area contributed by atoms with Crippen LogP contribution in [0.25, 0.3) is 10.2 Å². The van der Waals surface area contributed by atoms with E-state index in [0.717, 1.165) is 15.2 Å². The van der Waals surface area contributed by atoms with Crippen LogP contribution in [0.15, 0.2) is 24.3 Å². The Kier molecular flexibility index (Phi) is 3.73. The van der Waals surface area contributed by atoms with Gasteiger partial charge in [0.1, 0.15) is 6.54 Å². The normalized spacial score (nSPS) is 10.9. The smallest absolute Gasteiger partial charge is 0.241 e. The van der Waals surface area contributed by atoms with E-state index in [1.54, 1.807) is 11.3 Å². The van der Waals surface area contributed by atoms with Crippen LogP contribution in [-0.2, 0) is 17.8 Å². The van der Waals surface area contributed by atoms with Gasteiger partial charge < -0.3 is 11.1 Å². The predicted molar refractivity (Wildman–Crippen MR) is 78.6 cm³/mol. The fourth-order valence-corrected chi connectivity index (χ4v) is 2.82. The number of thiazole rings is 1. The fourth-order valence-electron chi connectivity index (χ4n) is 1.85. The van der Waals surface area contributed by atoms with E-state index in [4.69, 9.17) is 5.73 Å². The summed E-state index contributed by atoms with van der Waals surface area (Å²) >= 11 is 1.64. The maximum atomic E-state index is 11.7. The average Bonchev–Trinajstić information content (AvgIpc) is 3.05. The zero-order chi connectivity index (χ0) is 14.7. The molecule has 0 saturated heterocycles. The number of anilines is 1. The number of amides is 1. The molecule has 9 heteroatoms. The molecule has 3 rings (SSSR count). The van der Waals surface area contributed by atoms with Crippen LogP contribution < -0.4 is 11.1 Å². The molecule has 3 N–H and O–H groups in total. The lowest BCUT2D eigenvalue weighted by molar-refractivity contribution is -0.121. The minimum absolute atomic E-state index is 0.0126. The number of tetrazole rings is 1. The lowest BCUT2D eigenvalue weighted by Gasteiger charge is -2.03. The second-order valence-corrected chi connectivity index (χ2v) is 5.49. The molecule has 0 radical (unpaired) electrons. The van der Waals surface area contributed by atoms with Crippen molar-refractivity contribution in [3.05, 3.63) is 29.3 Å². The summed E-state index contributed by atoms with van der Waals surface area (Å²) in [6, 6.07) is 7.97. The van der Waals surface area contributed by atoms with E-state index in [2.05, 4.69) is 25.8 Å². The van der Waals surface area contributed by atoms with Gasteiger partial charge >= 0.3 is 0 Å². The lowest BCUT2D eigenvalue weighted by atomic mass is 10.3. The van der Waals surface area contributed by atoms with Crippen LogP contribution in [0.5, 0.6) is 0 Å². The summed E-state index contributed by atoms with van der Waals surface area (Å²) in [5, 5.41) is 14.3. The first kappa shape index (κ1) is 13.4. The molecule has 2 aromatic heterocycles. The molecule has 3 aromatic rings. The van der Waals surface area contributed by atoms with Crippen LogP contribution in [0.2, 0.25) is 0 Å². The molecule has 0 aliphatic rings. The number of nitrogens with zero attached hydrogens (tertiary/aromatic N) is 5. The largest absolute Gasteiger partial charge is 0.367 e. The maximum absolute atomic E-state index is 11.7. The number of nitrogens with two attached hydrogens (primary N) is 1. The molecular weight excluding hydrogens is 290 g/mol. The second kappa shape index (κ2) is 5.83. The Morgan fingerprint density at radius 1 is 1.38 bits per heavy atom. The van der Waals surface area contributed by atoms with Crippen LogP contribution in [0.4, 0.5) is 5.95 Å². The van der Waals surface area contributed by atoms with Crippen LogP contribution in [0, 0.1) is 0 Å². The van der Waals surface area contributed by atoms with Gasteiger partial charge in [0.15, 0.2) is 0 Å². The van der Waals surface area contributed by atoms with Crippen molar-refractivity contribution >= 4 is 33.4 Å². The average molecular weight is 303 g/mol. The van der Waals surface area contributed by atoms with Crippen molar-refractivity contribution in [2.45, 2.75) is 13.0 Å². The number of hydrogen-bond acceptors (Lipinski definition) is 7. The van der Waals surface area contributed by atoms with E-state index >= 15 is 0 Å². The first-order chi connectivity index (χ1) is 10.2. The summed E-state index contributed by atoms with van der Waals surface area (Å²) in [5.74, 6) is -0.0635. The molecule has 1 aromatic carbocycles. The first-order valence-corrected chi connectivity index (χ1v) is 7.17. The van der Waals surface area contributed by atoms with Gasteiger partial charge in [-0.15, -0.1) is 11.3 Å². The molecule has 1 amide bonds. The monoisotopic (exact) mass is 303 g/mol. The topological polar surface area (TPSA) is 112 Å². The third-order valence-electron chi connectivity index (χ3n) is 2.85.